The number of hydrogen-bond donors (Lipinski definition) is 2. The second kappa shape index (κ2) is 8.83. The Morgan fingerprint density at radius 2 is 2.00 bits per heavy atom. The monoisotopic (exact) mass is 491 g/mol. The fourth-order valence-corrected chi connectivity index (χ4v) is 5.39. The standard InChI is InChI=1S/C27H29N3O6/c1-4-27(35)20-11-22-24-18(12-30(22)25(33)19(20)14-36-26(27)34)16(17-7-5-6-8-21(17)28-24)9-10-29(15(2)3)23(32)13-31/h5-8,11,15,31,35H,4,9-10,12-14H2,1-3H3/t27-/m0/s1. The second-order valence-electron chi connectivity index (χ2n) is 9.63. The Morgan fingerprint density at radius 1 is 1.25 bits per heavy atom. The molecule has 3 aromatic rings. The molecule has 0 aliphatic carbocycles. The van der Waals surface area contributed by atoms with E-state index in [-0.39, 0.29) is 48.2 Å². The minimum atomic E-state index is -1.88. The van der Waals surface area contributed by atoms with Crippen molar-refractivity contribution >= 4 is 22.8 Å². The number of cyclic esters (lactones) is 1. The largest absolute Gasteiger partial charge is 0.458 e. The topological polar surface area (TPSA) is 122 Å². The van der Waals surface area contributed by atoms with E-state index < -0.39 is 18.2 Å². The molecule has 0 saturated heterocycles. The van der Waals surface area contributed by atoms with E-state index in [1.165, 1.54) is 0 Å². The number of amides is 1. The number of rotatable bonds is 6. The minimum Gasteiger partial charge on any atom is -0.458 e. The first-order chi connectivity index (χ1) is 17.2. The number of pyridine rings is 2. The molecule has 1 amide bonds. The Bertz CT molecular complexity index is 1460. The van der Waals surface area contributed by atoms with Crippen LogP contribution in [0.3, 0.4) is 0 Å². The Morgan fingerprint density at radius 3 is 2.69 bits per heavy atom. The van der Waals surface area contributed by atoms with Gasteiger partial charge in [-0.3, -0.25) is 9.59 Å². The lowest BCUT2D eigenvalue weighted by atomic mass is 9.86. The van der Waals surface area contributed by atoms with Crippen LogP contribution in [-0.2, 0) is 39.5 Å². The number of fused-ring (bicyclic) bond motifs is 5. The summed E-state index contributed by atoms with van der Waals surface area (Å²) in [4.78, 5) is 44.8. The van der Waals surface area contributed by atoms with Crippen LogP contribution in [0.25, 0.3) is 22.3 Å². The number of carbonyl (C=O) groups is 2. The average molecular weight is 492 g/mol. The fraction of sp³-hybridized carbons (Fsp3) is 0.407. The van der Waals surface area contributed by atoms with Gasteiger partial charge < -0.3 is 24.4 Å². The van der Waals surface area contributed by atoms with E-state index in [1.54, 1.807) is 22.5 Å². The summed E-state index contributed by atoms with van der Waals surface area (Å²) in [5.41, 5.74) is 2.15. The van der Waals surface area contributed by atoms with Crippen LogP contribution in [0.4, 0.5) is 0 Å². The van der Waals surface area contributed by atoms with Crippen LogP contribution >= 0.6 is 0 Å². The highest BCUT2D eigenvalue weighted by Gasteiger charge is 2.45. The van der Waals surface area contributed by atoms with Crippen molar-refractivity contribution < 1.29 is 24.5 Å². The Labute approximate surface area is 207 Å². The SMILES string of the molecule is CC[C@@]1(O)C(=O)OCc2c1cc1n(c2=O)Cc2c-1nc1ccccc1c2CCN(C(=O)CO)C(C)C. The maximum atomic E-state index is 13.5. The molecule has 5 rings (SSSR count). The Kier molecular flexibility index (Phi) is 5.92. The molecular formula is C27H29N3O6. The van der Waals surface area contributed by atoms with Gasteiger partial charge in [0, 0.05) is 29.1 Å². The molecule has 2 aromatic heterocycles. The number of benzene rings is 1. The van der Waals surface area contributed by atoms with Crippen molar-refractivity contribution in [2.24, 2.45) is 0 Å². The molecule has 0 spiro atoms. The number of carbonyl (C=O) groups excluding carboxylic acids is 2. The number of hydrogen-bond acceptors (Lipinski definition) is 7. The number of ether oxygens (including phenoxy) is 1. The zero-order chi connectivity index (χ0) is 25.8. The molecule has 0 unspecified atom stereocenters. The number of nitrogens with zero attached hydrogens (tertiary/aromatic N) is 3. The Balaban J connectivity index is 1.68. The molecule has 2 N–H and O–H groups in total. The second-order valence-corrected chi connectivity index (χ2v) is 9.63. The third-order valence-corrected chi connectivity index (χ3v) is 7.39. The number of aromatic nitrogens is 2. The van der Waals surface area contributed by atoms with Crippen molar-refractivity contribution in [1.29, 1.82) is 0 Å². The summed E-state index contributed by atoms with van der Waals surface area (Å²) in [6.07, 6.45) is 0.590. The van der Waals surface area contributed by atoms with Crippen molar-refractivity contribution in [3.63, 3.8) is 0 Å². The van der Waals surface area contributed by atoms with Crippen molar-refractivity contribution in [2.45, 2.75) is 58.4 Å². The van der Waals surface area contributed by atoms with Gasteiger partial charge >= 0.3 is 5.97 Å². The predicted octanol–water partition coefficient (Wildman–Crippen LogP) is 1.85. The van der Waals surface area contributed by atoms with Crippen LogP contribution in [0.1, 0.15) is 49.4 Å². The molecule has 0 bridgehead atoms. The first-order valence-electron chi connectivity index (χ1n) is 12.2. The molecule has 2 aliphatic rings. The van der Waals surface area contributed by atoms with Gasteiger partial charge in [-0.2, -0.15) is 0 Å². The maximum absolute atomic E-state index is 13.5. The first-order valence-corrected chi connectivity index (χ1v) is 12.2. The van der Waals surface area contributed by atoms with Gasteiger partial charge in [0.05, 0.1) is 29.0 Å². The average Bonchev–Trinajstić information content (AvgIpc) is 3.24. The molecule has 0 radical (unpaired) electrons. The van der Waals surface area contributed by atoms with E-state index in [0.29, 0.717) is 24.4 Å². The summed E-state index contributed by atoms with van der Waals surface area (Å²) in [5.74, 6) is -1.09. The quantitative estimate of drug-likeness (QED) is 0.395. The van der Waals surface area contributed by atoms with Crippen LogP contribution in [-0.4, -0.2) is 55.7 Å². The maximum Gasteiger partial charge on any atom is 0.343 e. The van der Waals surface area contributed by atoms with Gasteiger partial charge in [0.25, 0.3) is 5.56 Å². The van der Waals surface area contributed by atoms with E-state index in [4.69, 9.17) is 9.72 Å². The molecule has 1 aromatic carbocycles. The first kappa shape index (κ1) is 24.1. The van der Waals surface area contributed by atoms with Crippen LogP contribution in [0.5, 0.6) is 0 Å². The number of aliphatic hydroxyl groups is 2. The lowest BCUT2D eigenvalue weighted by Crippen LogP contribution is -2.44. The van der Waals surface area contributed by atoms with E-state index in [9.17, 15) is 24.6 Å². The van der Waals surface area contributed by atoms with Crippen molar-refractivity contribution in [1.82, 2.24) is 14.5 Å². The molecule has 0 saturated carbocycles. The third-order valence-electron chi connectivity index (χ3n) is 7.39. The van der Waals surface area contributed by atoms with Gasteiger partial charge in [0.1, 0.15) is 13.2 Å². The third kappa shape index (κ3) is 3.53. The fourth-order valence-electron chi connectivity index (χ4n) is 5.39. The molecule has 9 nitrogen and oxygen atoms in total. The van der Waals surface area contributed by atoms with Gasteiger partial charge in [-0.1, -0.05) is 25.1 Å². The smallest absolute Gasteiger partial charge is 0.343 e. The summed E-state index contributed by atoms with van der Waals surface area (Å²) in [5, 5.41) is 21.5. The highest BCUT2D eigenvalue weighted by atomic mass is 16.6. The molecule has 36 heavy (non-hydrogen) atoms. The molecular weight excluding hydrogens is 462 g/mol. The summed E-state index contributed by atoms with van der Waals surface area (Å²) >= 11 is 0. The summed E-state index contributed by atoms with van der Waals surface area (Å²) < 4.78 is 6.78. The van der Waals surface area contributed by atoms with E-state index in [1.807, 2.05) is 38.1 Å². The minimum absolute atomic E-state index is 0.0783. The number of esters is 1. The van der Waals surface area contributed by atoms with Crippen LogP contribution in [0.2, 0.25) is 0 Å². The van der Waals surface area contributed by atoms with Gasteiger partial charge in [-0.05, 0) is 44.4 Å². The van der Waals surface area contributed by atoms with Gasteiger partial charge in [0.15, 0.2) is 5.60 Å². The molecule has 1 atom stereocenters. The molecule has 2 aliphatic heterocycles. The molecule has 4 heterocycles. The van der Waals surface area contributed by atoms with E-state index in [2.05, 4.69) is 0 Å². The summed E-state index contributed by atoms with van der Waals surface area (Å²) in [6, 6.07) is 9.31. The van der Waals surface area contributed by atoms with Crippen LogP contribution in [0.15, 0.2) is 35.1 Å². The summed E-state index contributed by atoms with van der Waals surface area (Å²) in [7, 11) is 0. The van der Waals surface area contributed by atoms with Crippen molar-refractivity contribution in [3.8, 4) is 11.4 Å². The zero-order valence-electron chi connectivity index (χ0n) is 20.6. The predicted molar refractivity (Wildman–Crippen MR) is 132 cm³/mol. The Hall–Kier alpha value is -3.56. The van der Waals surface area contributed by atoms with Crippen LogP contribution < -0.4 is 5.56 Å². The lowest BCUT2D eigenvalue weighted by Gasteiger charge is -2.31. The molecule has 9 heteroatoms. The van der Waals surface area contributed by atoms with Crippen molar-refractivity contribution in [2.75, 3.05) is 13.2 Å². The van der Waals surface area contributed by atoms with E-state index in [0.717, 1.165) is 22.0 Å². The molecule has 188 valence electrons. The number of aliphatic hydroxyl groups excluding tert-OH is 1. The van der Waals surface area contributed by atoms with Crippen molar-refractivity contribution in [3.05, 3.63) is 62.9 Å². The van der Waals surface area contributed by atoms with Gasteiger partial charge in [-0.15, -0.1) is 0 Å². The van der Waals surface area contributed by atoms with Gasteiger partial charge in [0.2, 0.25) is 5.91 Å². The number of para-hydroxylation sites is 1. The highest BCUT2D eigenvalue weighted by Crippen LogP contribution is 2.40. The van der Waals surface area contributed by atoms with E-state index >= 15 is 0 Å². The highest BCUT2D eigenvalue weighted by molar-refractivity contribution is 5.89. The summed E-state index contributed by atoms with van der Waals surface area (Å²) in [6.45, 7) is 5.44. The lowest BCUT2D eigenvalue weighted by molar-refractivity contribution is -0.172. The molecule has 0 fully saturated rings. The van der Waals surface area contributed by atoms with Gasteiger partial charge in [-0.25, -0.2) is 9.78 Å². The zero-order valence-corrected chi connectivity index (χ0v) is 20.6. The van der Waals surface area contributed by atoms with Crippen LogP contribution in [0, 0.1) is 0 Å². The normalized spacial score (nSPS) is 18.1.